The van der Waals surface area contributed by atoms with E-state index in [9.17, 15) is 0 Å². The molecule has 2 nitrogen and oxygen atoms in total. The maximum Gasteiger partial charge on any atom is 0.0993 e. The Morgan fingerprint density at radius 3 is 1.74 bits per heavy atom. The van der Waals surface area contributed by atoms with Crippen molar-refractivity contribution in [2.45, 2.75) is 32.8 Å². The molecule has 0 aliphatic carbocycles. The number of benzene rings is 1. The molecule has 7 heteroatoms. The zero-order valence-electron chi connectivity index (χ0n) is 10.3. The molecule has 1 aromatic rings. The molecule has 2 unspecified atom stereocenters. The third kappa shape index (κ3) is 4.27. The fourth-order valence-corrected chi connectivity index (χ4v) is 5.09. The Morgan fingerprint density at radius 1 is 0.947 bits per heavy atom. The second kappa shape index (κ2) is 8.25. The van der Waals surface area contributed by atoms with E-state index in [2.05, 4.69) is 98.4 Å². The predicted octanol–water partition coefficient (Wildman–Crippen LogP) is 6.95. The van der Waals surface area contributed by atoms with E-state index >= 15 is 0 Å². The number of hydrogen-bond acceptors (Lipinski definition) is 2. The van der Waals surface area contributed by atoms with Crippen molar-refractivity contribution in [2.24, 2.45) is 5.92 Å². The minimum Gasteiger partial charge on any atom is -0.252 e. The Kier molecular flexibility index (Phi) is 8.07. The normalized spacial score (nSPS) is 14.5. The average Bonchev–Trinajstić information content (AvgIpc) is 2.42. The lowest BCUT2D eigenvalue weighted by molar-refractivity contribution is -0.288. The van der Waals surface area contributed by atoms with Crippen LogP contribution in [0.1, 0.15) is 25.8 Å². The van der Waals surface area contributed by atoms with Gasteiger partial charge in [0.2, 0.25) is 0 Å². The summed E-state index contributed by atoms with van der Waals surface area (Å²) in [5.41, 5.74) is 1.04. The Bertz CT molecular complexity index is 435. The lowest BCUT2D eigenvalue weighted by Crippen LogP contribution is -2.23. The fourth-order valence-electron chi connectivity index (χ4n) is 1.64. The van der Waals surface area contributed by atoms with Gasteiger partial charge in [0.05, 0.1) is 6.10 Å². The SMILES string of the molecule is CCC(C)C(Cc1c(Br)c(Br)c(Br)c(Br)c1Br)OO. The summed E-state index contributed by atoms with van der Waals surface area (Å²) in [4.78, 5) is 4.64. The molecule has 0 aliphatic rings. The van der Waals surface area contributed by atoms with Gasteiger partial charge in [-0.15, -0.1) is 0 Å². The van der Waals surface area contributed by atoms with E-state index in [4.69, 9.17) is 5.26 Å². The van der Waals surface area contributed by atoms with Crippen molar-refractivity contribution in [2.75, 3.05) is 0 Å². The molecule has 1 rings (SSSR count). The molecule has 0 fully saturated rings. The molecule has 0 aliphatic heterocycles. The van der Waals surface area contributed by atoms with Crippen molar-refractivity contribution < 1.29 is 10.1 Å². The molecular formula is C12H13Br5O2. The van der Waals surface area contributed by atoms with Crippen LogP contribution in [-0.4, -0.2) is 11.4 Å². The standard InChI is InChI=1S/C12H13Br5O2/c1-3-5(2)7(19-18)4-6-8(13)10(15)12(17)11(16)9(6)14/h5,7,18H,3-4H2,1-2H3. The van der Waals surface area contributed by atoms with E-state index in [1.807, 2.05) is 0 Å². The Hall–Kier alpha value is 1.54. The zero-order chi connectivity index (χ0) is 14.7. The van der Waals surface area contributed by atoms with Gasteiger partial charge >= 0.3 is 0 Å². The van der Waals surface area contributed by atoms with Crippen LogP contribution in [0.5, 0.6) is 0 Å². The van der Waals surface area contributed by atoms with E-state index in [-0.39, 0.29) is 12.0 Å². The van der Waals surface area contributed by atoms with E-state index in [1.54, 1.807) is 0 Å². The molecule has 1 N–H and O–H groups in total. The largest absolute Gasteiger partial charge is 0.252 e. The maximum absolute atomic E-state index is 9.10. The summed E-state index contributed by atoms with van der Waals surface area (Å²) in [5.74, 6) is 0.269. The first-order valence-corrected chi connectivity index (χ1v) is 9.62. The van der Waals surface area contributed by atoms with E-state index in [1.165, 1.54) is 0 Å². The first-order valence-electron chi connectivity index (χ1n) is 5.65. The molecule has 1 aromatic carbocycles. The highest BCUT2D eigenvalue weighted by Gasteiger charge is 2.23. The van der Waals surface area contributed by atoms with E-state index < -0.39 is 0 Å². The fraction of sp³-hybridized carbons (Fsp3) is 0.500. The van der Waals surface area contributed by atoms with Gasteiger partial charge in [0.25, 0.3) is 0 Å². The lowest BCUT2D eigenvalue weighted by atomic mass is 9.96. The number of halogens is 5. The van der Waals surface area contributed by atoms with Crippen molar-refractivity contribution in [3.63, 3.8) is 0 Å². The molecule has 0 amide bonds. The van der Waals surface area contributed by atoms with Gasteiger partial charge in [0, 0.05) is 28.8 Å². The second-order valence-electron chi connectivity index (χ2n) is 4.28. The average molecular weight is 589 g/mol. The van der Waals surface area contributed by atoms with Gasteiger partial charge in [-0.05, 0) is 91.1 Å². The summed E-state index contributed by atoms with van der Waals surface area (Å²) in [6.07, 6.45) is 1.31. The number of rotatable bonds is 5. The molecule has 0 saturated heterocycles. The van der Waals surface area contributed by atoms with Crippen molar-refractivity contribution >= 4 is 79.6 Å². The van der Waals surface area contributed by atoms with Crippen LogP contribution in [0.2, 0.25) is 0 Å². The van der Waals surface area contributed by atoms with Gasteiger partial charge in [-0.25, -0.2) is 4.89 Å². The first kappa shape index (κ1) is 18.6. The van der Waals surface area contributed by atoms with Gasteiger partial charge in [-0.2, -0.15) is 0 Å². The van der Waals surface area contributed by atoms with Gasteiger partial charge < -0.3 is 0 Å². The van der Waals surface area contributed by atoms with Crippen molar-refractivity contribution in [3.05, 3.63) is 27.9 Å². The van der Waals surface area contributed by atoms with Gasteiger partial charge in [-0.3, -0.25) is 5.26 Å². The van der Waals surface area contributed by atoms with E-state index in [0.29, 0.717) is 6.42 Å². The Balaban J connectivity index is 3.21. The molecule has 0 bridgehead atoms. The summed E-state index contributed by atoms with van der Waals surface area (Å²) in [7, 11) is 0. The summed E-state index contributed by atoms with van der Waals surface area (Å²) in [6, 6.07) is 0. The summed E-state index contributed by atoms with van der Waals surface area (Å²) in [6.45, 7) is 4.14. The molecule has 2 atom stereocenters. The van der Waals surface area contributed by atoms with Crippen LogP contribution in [0.25, 0.3) is 0 Å². The first-order chi connectivity index (χ1) is 8.84. The third-order valence-corrected chi connectivity index (χ3v) is 9.38. The molecule has 108 valence electrons. The van der Waals surface area contributed by atoms with Crippen LogP contribution in [-0.2, 0) is 11.3 Å². The van der Waals surface area contributed by atoms with Crippen LogP contribution in [0.4, 0.5) is 0 Å². The van der Waals surface area contributed by atoms with Crippen molar-refractivity contribution in [3.8, 4) is 0 Å². The summed E-state index contributed by atoms with van der Waals surface area (Å²) in [5, 5.41) is 9.10. The molecule has 0 aromatic heterocycles. The number of hydrogen-bond donors (Lipinski definition) is 1. The van der Waals surface area contributed by atoms with Crippen LogP contribution in [0, 0.1) is 5.92 Å². The zero-order valence-corrected chi connectivity index (χ0v) is 18.2. The molecular weight excluding hydrogens is 576 g/mol. The lowest BCUT2D eigenvalue weighted by Gasteiger charge is -2.22. The Morgan fingerprint density at radius 2 is 1.37 bits per heavy atom. The molecule has 0 spiro atoms. The Labute approximate surface area is 155 Å². The van der Waals surface area contributed by atoms with Gasteiger partial charge in [0.1, 0.15) is 0 Å². The summed E-state index contributed by atoms with van der Waals surface area (Å²) < 4.78 is 4.68. The minimum absolute atomic E-state index is 0.238. The molecule has 0 heterocycles. The van der Waals surface area contributed by atoms with E-state index in [0.717, 1.165) is 34.3 Å². The predicted molar refractivity (Wildman–Crippen MR) is 95.6 cm³/mol. The van der Waals surface area contributed by atoms with Crippen molar-refractivity contribution in [1.82, 2.24) is 0 Å². The smallest absolute Gasteiger partial charge is 0.0993 e. The van der Waals surface area contributed by atoms with Gasteiger partial charge in [0.15, 0.2) is 0 Å². The van der Waals surface area contributed by atoms with Crippen LogP contribution < -0.4 is 0 Å². The quantitative estimate of drug-likeness (QED) is 0.175. The molecule has 19 heavy (non-hydrogen) atoms. The maximum atomic E-state index is 9.10. The molecule has 0 saturated carbocycles. The van der Waals surface area contributed by atoms with Crippen molar-refractivity contribution in [1.29, 1.82) is 0 Å². The second-order valence-corrected chi connectivity index (χ2v) is 8.25. The third-order valence-electron chi connectivity index (χ3n) is 3.12. The highest BCUT2D eigenvalue weighted by atomic mass is 79.9. The van der Waals surface area contributed by atoms with Crippen LogP contribution in [0.15, 0.2) is 22.4 Å². The molecule has 0 radical (unpaired) electrons. The highest BCUT2D eigenvalue weighted by Crippen LogP contribution is 2.45. The minimum atomic E-state index is -0.238. The highest BCUT2D eigenvalue weighted by molar-refractivity contribution is 9.15. The monoisotopic (exact) mass is 584 g/mol. The topological polar surface area (TPSA) is 29.5 Å². The van der Waals surface area contributed by atoms with Crippen LogP contribution in [0.3, 0.4) is 0 Å². The summed E-state index contributed by atoms with van der Waals surface area (Å²) >= 11 is 17.7. The van der Waals surface area contributed by atoms with Gasteiger partial charge in [-0.1, -0.05) is 20.3 Å². The van der Waals surface area contributed by atoms with Crippen LogP contribution >= 0.6 is 79.6 Å².